The Hall–Kier alpha value is -2.68. The van der Waals surface area contributed by atoms with Crippen LogP contribution < -0.4 is 10.6 Å². The maximum absolute atomic E-state index is 15.1. The third-order valence-corrected chi connectivity index (χ3v) is 8.48. The smallest absolute Gasteiger partial charge is 0.410 e. The zero-order chi connectivity index (χ0) is 27.7. The van der Waals surface area contributed by atoms with E-state index in [1.807, 2.05) is 37.8 Å². The van der Waals surface area contributed by atoms with Crippen LogP contribution in [0.4, 0.5) is 14.9 Å². The van der Waals surface area contributed by atoms with Crippen molar-refractivity contribution in [3.05, 3.63) is 29.6 Å². The summed E-state index contributed by atoms with van der Waals surface area (Å²) in [6.45, 7) is 13.5. The van der Waals surface area contributed by atoms with Crippen molar-refractivity contribution in [1.82, 2.24) is 15.1 Å². The highest BCUT2D eigenvalue weighted by molar-refractivity contribution is 6.01. The molecule has 0 aromatic heterocycles. The Kier molecular flexibility index (Phi) is 8.35. The van der Waals surface area contributed by atoms with Crippen LogP contribution in [0.3, 0.4) is 0 Å². The van der Waals surface area contributed by atoms with Crippen molar-refractivity contribution in [2.75, 3.05) is 31.5 Å². The number of imide groups is 1. The topological polar surface area (TPSA) is 91.0 Å². The van der Waals surface area contributed by atoms with E-state index >= 15 is 4.39 Å². The van der Waals surface area contributed by atoms with Crippen LogP contribution in [0.25, 0.3) is 0 Å². The van der Waals surface area contributed by atoms with Gasteiger partial charge in [0.15, 0.2) is 0 Å². The number of nitrogens with one attached hydrogen (secondary N) is 2. The number of amides is 3. The van der Waals surface area contributed by atoms with Crippen molar-refractivity contribution in [2.24, 2.45) is 5.92 Å². The molecular weight excluding hydrogens is 487 g/mol. The van der Waals surface area contributed by atoms with Gasteiger partial charge < -0.3 is 15.0 Å². The minimum absolute atomic E-state index is 0.000728. The molecule has 0 radical (unpaired) electrons. The number of anilines is 1. The van der Waals surface area contributed by atoms with E-state index in [-0.39, 0.29) is 41.6 Å². The van der Waals surface area contributed by atoms with E-state index in [9.17, 15) is 14.4 Å². The summed E-state index contributed by atoms with van der Waals surface area (Å²) in [7, 11) is 0. The van der Waals surface area contributed by atoms with Gasteiger partial charge in [-0.1, -0.05) is 6.07 Å². The Morgan fingerprint density at radius 1 is 1.00 bits per heavy atom. The summed E-state index contributed by atoms with van der Waals surface area (Å²) in [6.07, 6.45) is 4.12. The first-order valence-corrected chi connectivity index (χ1v) is 14.0. The number of hydrogen-bond acceptors (Lipinski definition) is 6. The summed E-state index contributed by atoms with van der Waals surface area (Å²) in [5.41, 5.74) is 0.791. The molecule has 3 fully saturated rings. The maximum atomic E-state index is 15.1. The molecule has 4 rings (SSSR count). The first-order valence-electron chi connectivity index (χ1n) is 14.0. The molecule has 0 saturated carbocycles. The largest absolute Gasteiger partial charge is 0.444 e. The Bertz CT molecular complexity index is 1040. The molecule has 1 aromatic rings. The fourth-order valence-corrected chi connectivity index (χ4v) is 6.10. The van der Waals surface area contributed by atoms with Gasteiger partial charge in [-0.15, -0.1) is 0 Å². The molecule has 0 aliphatic carbocycles. The molecule has 3 heterocycles. The van der Waals surface area contributed by atoms with Crippen LogP contribution in [0.1, 0.15) is 84.6 Å². The molecule has 2 N–H and O–H groups in total. The zero-order valence-electron chi connectivity index (χ0n) is 23.4. The van der Waals surface area contributed by atoms with Crippen LogP contribution in [0.15, 0.2) is 18.2 Å². The normalized spacial score (nSPS) is 22.8. The number of hydrogen-bond donors (Lipinski definition) is 2. The van der Waals surface area contributed by atoms with Gasteiger partial charge in [0.05, 0.1) is 0 Å². The molecule has 9 heteroatoms. The number of likely N-dealkylation sites (tertiary alicyclic amines) is 2. The Balaban J connectivity index is 1.29. The van der Waals surface area contributed by atoms with Gasteiger partial charge in [-0.05, 0) is 109 Å². The third kappa shape index (κ3) is 6.65. The molecule has 0 bridgehead atoms. The minimum atomic E-state index is -0.528. The highest BCUT2D eigenvalue weighted by Gasteiger charge is 2.40. The summed E-state index contributed by atoms with van der Waals surface area (Å²) in [5.74, 6) is -0.256. The fraction of sp³-hybridized carbons (Fsp3) is 0.690. The van der Waals surface area contributed by atoms with E-state index in [1.54, 1.807) is 0 Å². The predicted octanol–water partition coefficient (Wildman–Crippen LogP) is 4.65. The molecule has 3 saturated heterocycles. The van der Waals surface area contributed by atoms with Gasteiger partial charge in [-0.2, -0.15) is 0 Å². The summed E-state index contributed by atoms with van der Waals surface area (Å²) in [5, 5.41) is 5.38. The summed E-state index contributed by atoms with van der Waals surface area (Å²) in [6, 6.07) is 4.60. The lowest BCUT2D eigenvalue weighted by molar-refractivity contribution is -0.133. The van der Waals surface area contributed by atoms with E-state index in [2.05, 4.69) is 29.4 Å². The van der Waals surface area contributed by atoms with E-state index in [0.717, 1.165) is 44.3 Å². The molecule has 38 heavy (non-hydrogen) atoms. The van der Waals surface area contributed by atoms with Crippen molar-refractivity contribution < 1.29 is 23.5 Å². The van der Waals surface area contributed by atoms with E-state index in [1.165, 1.54) is 6.07 Å². The lowest BCUT2D eigenvalue weighted by Gasteiger charge is -2.49. The number of ether oxygens (including phenoxy) is 1. The van der Waals surface area contributed by atoms with Crippen LogP contribution in [0.5, 0.6) is 0 Å². The maximum Gasteiger partial charge on any atom is 0.410 e. The van der Waals surface area contributed by atoms with E-state index < -0.39 is 11.6 Å². The standard InChI is InChI=1S/C29H43FN4O4/c1-28(2,3)38-27(37)33-14-12-20(13-15-33)29(4,5)34-16-10-19(11-17-34)22-7-6-21(18-23(22)30)31-24-8-9-25(35)32-26(24)36/h6-7,18-20,24,31H,8-17H2,1-5H3,(H,32,35,36). The Morgan fingerprint density at radius 2 is 1.66 bits per heavy atom. The van der Waals surface area contributed by atoms with Gasteiger partial charge in [-0.3, -0.25) is 19.8 Å². The van der Waals surface area contributed by atoms with Gasteiger partial charge in [0.25, 0.3) is 0 Å². The highest BCUT2D eigenvalue weighted by atomic mass is 19.1. The Labute approximate surface area is 225 Å². The van der Waals surface area contributed by atoms with Crippen LogP contribution in [-0.4, -0.2) is 71.1 Å². The van der Waals surface area contributed by atoms with E-state index in [4.69, 9.17) is 4.74 Å². The molecule has 210 valence electrons. The van der Waals surface area contributed by atoms with Gasteiger partial charge in [0.2, 0.25) is 11.8 Å². The monoisotopic (exact) mass is 530 g/mol. The SMILES string of the molecule is CC(C)(C)OC(=O)N1CCC(C(C)(C)N2CCC(c3ccc(NC4CCC(=O)NC4=O)cc3F)CC2)CC1. The molecule has 1 unspecified atom stereocenters. The zero-order valence-corrected chi connectivity index (χ0v) is 23.4. The quantitative estimate of drug-likeness (QED) is 0.539. The van der Waals surface area contributed by atoms with Crippen molar-refractivity contribution in [2.45, 2.75) is 96.2 Å². The van der Waals surface area contributed by atoms with E-state index in [0.29, 0.717) is 31.1 Å². The molecule has 3 amide bonds. The molecule has 1 aromatic carbocycles. The van der Waals surface area contributed by atoms with Crippen molar-refractivity contribution in [3.8, 4) is 0 Å². The number of nitrogens with zero attached hydrogens (tertiary/aromatic N) is 2. The summed E-state index contributed by atoms with van der Waals surface area (Å²) in [4.78, 5) is 40.2. The van der Waals surface area contributed by atoms with Gasteiger partial charge in [0.1, 0.15) is 17.5 Å². The number of rotatable bonds is 5. The lowest BCUT2D eigenvalue weighted by atomic mass is 9.77. The molecule has 0 spiro atoms. The van der Waals surface area contributed by atoms with Crippen LogP contribution in [0.2, 0.25) is 0 Å². The second-order valence-corrected chi connectivity index (χ2v) is 12.5. The van der Waals surface area contributed by atoms with Crippen LogP contribution in [0, 0.1) is 11.7 Å². The second-order valence-electron chi connectivity index (χ2n) is 12.5. The fourth-order valence-electron chi connectivity index (χ4n) is 6.10. The van der Waals surface area contributed by atoms with Gasteiger partial charge >= 0.3 is 6.09 Å². The summed E-state index contributed by atoms with van der Waals surface area (Å²) >= 11 is 0. The second kappa shape index (κ2) is 11.2. The first-order chi connectivity index (χ1) is 17.8. The van der Waals surface area contributed by atoms with Crippen LogP contribution >= 0.6 is 0 Å². The number of carbonyl (C=O) groups is 3. The first kappa shape index (κ1) is 28.3. The van der Waals surface area contributed by atoms with Gasteiger partial charge in [-0.25, -0.2) is 9.18 Å². The average Bonchev–Trinajstić information content (AvgIpc) is 2.85. The molecule has 3 aliphatic rings. The van der Waals surface area contributed by atoms with Crippen molar-refractivity contribution in [3.63, 3.8) is 0 Å². The number of piperidine rings is 3. The van der Waals surface area contributed by atoms with Crippen molar-refractivity contribution in [1.29, 1.82) is 0 Å². The Morgan fingerprint density at radius 3 is 2.24 bits per heavy atom. The predicted molar refractivity (Wildman–Crippen MR) is 144 cm³/mol. The third-order valence-electron chi connectivity index (χ3n) is 8.48. The van der Waals surface area contributed by atoms with Gasteiger partial charge in [0, 0.05) is 30.7 Å². The number of halogens is 1. The molecule has 1 atom stereocenters. The van der Waals surface area contributed by atoms with Crippen LogP contribution in [-0.2, 0) is 14.3 Å². The average molecular weight is 531 g/mol. The number of carbonyl (C=O) groups excluding carboxylic acids is 3. The molecular formula is C29H43FN4O4. The minimum Gasteiger partial charge on any atom is -0.444 e. The molecule has 3 aliphatic heterocycles. The van der Waals surface area contributed by atoms with Crippen molar-refractivity contribution >= 4 is 23.6 Å². The molecule has 8 nitrogen and oxygen atoms in total. The summed E-state index contributed by atoms with van der Waals surface area (Å²) < 4.78 is 20.7. The lowest BCUT2D eigenvalue weighted by Crippen LogP contribution is -2.55. The number of benzene rings is 1. The highest BCUT2D eigenvalue weighted by Crippen LogP contribution is 2.38.